The molecule has 0 unspecified atom stereocenters. The van der Waals surface area contributed by atoms with E-state index in [2.05, 4.69) is 6.07 Å². The van der Waals surface area contributed by atoms with Crippen LogP contribution in [0.2, 0.25) is 0 Å². The number of nitrogens with zero attached hydrogens (tertiary/aromatic N) is 2. The summed E-state index contributed by atoms with van der Waals surface area (Å²) in [5.41, 5.74) is 1.78. The van der Waals surface area contributed by atoms with Crippen LogP contribution in [-0.4, -0.2) is 29.8 Å². The lowest BCUT2D eigenvalue weighted by Gasteiger charge is -2.13. The molecule has 2 heterocycles. The fourth-order valence-electron chi connectivity index (χ4n) is 1.80. The third-order valence-corrected chi connectivity index (χ3v) is 3.68. The van der Waals surface area contributed by atoms with Gasteiger partial charge in [-0.05, 0) is 6.92 Å². The first-order valence-corrected chi connectivity index (χ1v) is 6.15. The average Bonchev–Trinajstić information content (AvgIpc) is 2.81. The summed E-state index contributed by atoms with van der Waals surface area (Å²) in [6.07, 6.45) is 2.31. The lowest BCUT2D eigenvalue weighted by molar-refractivity contribution is -0.137. The molecule has 0 saturated carbocycles. The predicted molar refractivity (Wildman–Crippen MR) is 61.1 cm³/mol. The van der Waals surface area contributed by atoms with Gasteiger partial charge in [0.15, 0.2) is 0 Å². The van der Waals surface area contributed by atoms with E-state index in [4.69, 9.17) is 10.00 Å². The maximum absolute atomic E-state index is 11.3. The lowest BCUT2D eigenvalue weighted by atomic mass is 10.3. The second kappa shape index (κ2) is 4.62. The minimum Gasteiger partial charge on any atom is -0.463 e. The van der Waals surface area contributed by atoms with Gasteiger partial charge in [-0.2, -0.15) is 5.26 Å². The number of hydrogen-bond acceptors (Lipinski definition) is 5. The largest absolute Gasteiger partial charge is 0.463 e. The Labute approximate surface area is 98.5 Å². The summed E-state index contributed by atoms with van der Waals surface area (Å²) in [6.45, 7) is 2.98. The molecule has 1 saturated heterocycles. The molecule has 2 aliphatic heterocycles. The van der Waals surface area contributed by atoms with Gasteiger partial charge >= 0.3 is 5.97 Å². The molecule has 16 heavy (non-hydrogen) atoms. The van der Waals surface area contributed by atoms with Crippen molar-refractivity contribution in [3.05, 3.63) is 22.4 Å². The van der Waals surface area contributed by atoms with Crippen LogP contribution in [-0.2, 0) is 9.53 Å². The summed E-state index contributed by atoms with van der Waals surface area (Å²) in [5, 5.41) is 9.92. The zero-order valence-electron chi connectivity index (χ0n) is 9.02. The standard InChI is InChI=1S/C11H12N2O2S/c1-2-15-10(14)5-9-7-16-11-8(6-12)3-4-13(9)11/h5H,2-4,7H2,1H3. The summed E-state index contributed by atoms with van der Waals surface area (Å²) in [5.74, 6) is 0.448. The zero-order chi connectivity index (χ0) is 11.5. The second-order valence-electron chi connectivity index (χ2n) is 3.47. The fraction of sp³-hybridized carbons (Fsp3) is 0.455. The van der Waals surface area contributed by atoms with Crippen LogP contribution in [0.25, 0.3) is 0 Å². The molecule has 0 bridgehead atoms. The number of nitriles is 1. The molecule has 0 N–H and O–H groups in total. The SMILES string of the molecule is CCOC(=O)C=C1CSC2=C(C#N)CCN12. The highest BCUT2D eigenvalue weighted by Gasteiger charge is 2.31. The van der Waals surface area contributed by atoms with Gasteiger partial charge in [0.25, 0.3) is 0 Å². The van der Waals surface area contributed by atoms with Crippen molar-refractivity contribution >= 4 is 17.7 Å². The second-order valence-corrected chi connectivity index (χ2v) is 4.44. The number of rotatable bonds is 2. The van der Waals surface area contributed by atoms with Crippen LogP contribution < -0.4 is 0 Å². The quantitative estimate of drug-likeness (QED) is 0.538. The minimum atomic E-state index is -0.301. The molecule has 84 valence electrons. The molecule has 0 aromatic rings. The summed E-state index contributed by atoms with van der Waals surface area (Å²) < 4.78 is 4.87. The van der Waals surface area contributed by atoms with Crippen LogP contribution in [0, 0.1) is 11.3 Å². The first-order chi connectivity index (χ1) is 7.76. The Morgan fingerprint density at radius 1 is 1.75 bits per heavy atom. The lowest BCUT2D eigenvalue weighted by Crippen LogP contribution is -2.15. The van der Waals surface area contributed by atoms with E-state index < -0.39 is 0 Å². The van der Waals surface area contributed by atoms with E-state index in [1.165, 1.54) is 6.08 Å². The highest BCUT2D eigenvalue weighted by atomic mass is 32.2. The third kappa shape index (κ3) is 1.93. The average molecular weight is 236 g/mol. The summed E-state index contributed by atoms with van der Waals surface area (Å²) in [7, 11) is 0. The first-order valence-electron chi connectivity index (χ1n) is 5.17. The van der Waals surface area contributed by atoms with Gasteiger partial charge in [-0.25, -0.2) is 4.79 Å². The van der Waals surface area contributed by atoms with Crippen LogP contribution in [0.3, 0.4) is 0 Å². The molecule has 2 rings (SSSR count). The van der Waals surface area contributed by atoms with Crippen molar-refractivity contribution in [3.63, 3.8) is 0 Å². The normalized spacial score (nSPS) is 21.2. The van der Waals surface area contributed by atoms with Gasteiger partial charge in [0.2, 0.25) is 0 Å². The summed E-state index contributed by atoms with van der Waals surface area (Å²) in [6, 6.07) is 2.21. The van der Waals surface area contributed by atoms with Crippen LogP contribution in [0.5, 0.6) is 0 Å². The van der Waals surface area contributed by atoms with E-state index in [1.54, 1.807) is 18.7 Å². The van der Waals surface area contributed by atoms with Crippen molar-refractivity contribution < 1.29 is 9.53 Å². The molecule has 5 heteroatoms. The first kappa shape index (κ1) is 11.1. The van der Waals surface area contributed by atoms with Crippen LogP contribution >= 0.6 is 11.8 Å². The minimum absolute atomic E-state index is 0.301. The molecular formula is C11H12N2O2S. The van der Waals surface area contributed by atoms with E-state index in [0.29, 0.717) is 6.61 Å². The molecule has 0 radical (unpaired) electrons. The Kier molecular flexibility index (Phi) is 3.20. The monoisotopic (exact) mass is 236 g/mol. The van der Waals surface area contributed by atoms with Crippen molar-refractivity contribution in [1.29, 1.82) is 5.26 Å². The van der Waals surface area contributed by atoms with Gasteiger partial charge in [-0.3, -0.25) is 0 Å². The van der Waals surface area contributed by atoms with Crippen LogP contribution in [0.15, 0.2) is 22.4 Å². The molecule has 0 spiro atoms. The number of thioether (sulfide) groups is 1. The van der Waals surface area contributed by atoms with E-state index in [-0.39, 0.29) is 5.97 Å². The van der Waals surface area contributed by atoms with Gasteiger partial charge in [0, 0.05) is 30.5 Å². The fourth-order valence-corrected chi connectivity index (χ4v) is 3.01. The highest BCUT2D eigenvalue weighted by Crippen LogP contribution is 2.42. The predicted octanol–water partition coefficient (Wildman–Crippen LogP) is 1.62. The van der Waals surface area contributed by atoms with E-state index >= 15 is 0 Å². The maximum atomic E-state index is 11.3. The molecule has 0 aromatic heterocycles. The molecular weight excluding hydrogens is 224 g/mol. The molecule has 1 fully saturated rings. The molecule has 0 aliphatic carbocycles. The Balaban J connectivity index is 2.15. The third-order valence-electron chi connectivity index (χ3n) is 2.50. The molecule has 2 aliphatic rings. The Morgan fingerprint density at radius 3 is 3.25 bits per heavy atom. The van der Waals surface area contributed by atoms with Crippen molar-refractivity contribution in [3.8, 4) is 6.07 Å². The van der Waals surface area contributed by atoms with Gasteiger partial charge in [-0.1, -0.05) is 0 Å². The maximum Gasteiger partial charge on any atom is 0.332 e. The number of carbonyl (C=O) groups is 1. The van der Waals surface area contributed by atoms with Crippen molar-refractivity contribution in [1.82, 2.24) is 4.90 Å². The van der Waals surface area contributed by atoms with E-state index in [0.717, 1.165) is 35.0 Å². The zero-order valence-corrected chi connectivity index (χ0v) is 9.84. The number of carbonyl (C=O) groups excluding carboxylic acids is 1. The summed E-state index contributed by atoms with van der Waals surface area (Å²) in [4.78, 5) is 13.4. The highest BCUT2D eigenvalue weighted by molar-refractivity contribution is 8.03. The molecule has 0 aromatic carbocycles. The Hall–Kier alpha value is -1.41. The number of fused-ring (bicyclic) bond motifs is 1. The molecule has 0 atom stereocenters. The van der Waals surface area contributed by atoms with Gasteiger partial charge in [-0.15, -0.1) is 11.8 Å². The van der Waals surface area contributed by atoms with E-state index in [1.807, 2.05) is 4.90 Å². The van der Waals surface area contributed by atoms with Gasteiger partial charge in [0.05, 0.1) is 23.3 Å². The number of esters is 1. The van der Waals surface area contributed by atoms with Crippen molar-refractivity contribution in [2.45, 2.75) is 13.3 Å². The van der Waals surface area contributed by atoms with E-state index in [9.17, 15) is 4.79 Å². The van der Waals surface area contributed by atoms with Crippen LogP contribution in [0.1, 0.15) is 13.3 Å². The molecule has 4 nitrogen and oxygen atoms in total. The number of ether oxygens (including phenoxy) is 1. The van der Waals surface area contributed by atoms with Crippen molar-refractivity contribution in [2.75, 3.05) is 18.9 Å². The number of hydrogen-bond donors (Lipinski definition) is 0. The topological polar surface area (TPSA) is 53.3 Å². The smallest absolute Gasteiger partial charge is 0.332 e. The van der Waals surface area contributed by atoms with Gasteiger partial charge in [0.1, 0.15) is 0 Å². The van der Waals surface area contributed by atoms with Crippen LogP contribution in [0.4, 0.5) is 0 Å². The summed E-state index contributed by atoms with van der Waals surface area (Å²) >= 11 is 1.62. The Bertz CT molecular complexity index is 420. The van der Waals surface area contributed by atoms with Crippen molar-refractivity contribution in [2.24, 2.45) is 0 Å². The molecule has 0 amide bonds. The van der Waals surface area contributed by atoms with Gasteiger partial charge < -0.3 is 9.64 Å². The Morgan fingerprint density at radius 2 is 2.56 bits per heavy atom.